The highest BCUT2D eigenvalue weighted by molar-refractivity contribution is 6.71. The molecule has 0 spiro atoms. The zero-order chi connectivity index (χ0) is 14.5. The van der Waals surface area contributed by atoms with Crippen LogP contribution < -0.4 is 9.47 Å². The van der Waals surface area contributed by atoms with Crippen LogP contribution in [-0.2, 0) is 15.6 Å². The monoisotopic (exact) mass is 282 g/mol. The Morgan fingerprint density at radius 3 is 2.37 bits per heavy atom. The van der Waals surface area contributed by atoms with Crippen molar-refractivity contribution in [1.29, 1.82) is 0 Å². The van der Waals surface area contributed by atoms with Crippen LogP contribution in [0.3, 0.4) is 0 Å². The summed E-state index contributed by atoms with van der Waals surface area (Å²) in [6, 6.07) is 5.57. The molecule has 0 N–H and O–H groups in total. The standard InChI is InChI=1S/C14H22O4Si/c1-16-12-7-8-13(17-2)11(10-12)6-9-14(15)18-19(3,4)5/h7-8,10H,6,9H2,1-5H3. The van der Waals surface area contributed by atoms with Gasteiger partial charge in [0.25, 0.3) is 5.97 Å². The molecular formula is C14H22O4Si. The summed E-state index contributed by atoms with van der Waals surface area (Å²) < 4.78 is 15.9. The van der Waals surface area contributed by atoms with Gasteiger partial charge in [-0.15, -0.1) is 0 Å². The van der Waals surface area contributed by atoms with Gasteiger partial charge in [-0.2, -0.15) is 0 Å². The van der Waals surface area contributed by atoms with Gasteiger partial charge in [-0.05, 0) is 49.8 Å². The number of hydrogen-bond donors (Lipinski definition) is 0. The number of hydrogen-bond acceptors (Lipinski definition) is 4. The molecule has 0 saturated heterocycles. The number of carbonyl (C=O) groups excluding carboxylic acids is 1. The largest absolute Gasteiger partial charge is 0.520 e. The van der Waals surface area contributed by atoms with Crippen molar-refractivity contribution in [3.8, 4) is 11.5 Å². The number of aryl methyl sites for hydroxylation is 1. The highest BCUT2D eigenvalue weighted by Crippen LogP contribution is 2.25. The van der Waals surface area contributed by atoms with Crippen LogP contribution in [0, 0.1) is 0 Å². The molecule has 19 heavy (non-hydrogen) atoms. The topological polar surface area (TPSA) is 44.8 Å². The molecule has 0 aliphatic rings. The van der Waals surface area contributed by atoms with Crippen LogP contribution in [0.2, 0.25) is 19.6 Å². The Kier molecular flexibility index (Phi) is 5.41. The van der Waals surface area contributed by atoms with Gasteiger partial charge in [0.05, 0.1) is 14.2 Å². The molecule has 1 aromatic carbocycles. The summed E-state index contributed by atoms with van der Waals surface area (Å²) in [5.74, 6) is 1.38. The number of methoxy groups -OCH3 is 2. The molecule has 0 saturated carbocycles. The van der Waals surface area contributed by atoms with Crippen LogP contribution in [0.1, 0.15) is 12.0 Å². The maximum absolute atomic E-state index is 11.7. The Morgan fingerprint density at radius 2 is 1.84 bits per heavy atom. The summed E-state index contributed by atoms with van der Waals surface area (Å²) in [5.41, 5.74) is 0.953. The average Bonchev–Trinajstić information content (AvgIpc) is 2.33. The Hall–Kier alpha value is -1.49. The number of ether oxygens (including phenoxy) is 2. The van der Waals surface area contributed by atoms with Crippen molar-refractivity contribution < 1.29 is 18.7 Å². The lowest BCUT2D eigenvalue weighted by atomic mass is 10.1. The molecule has 0 atom stereocenters. The maximum atomic E-state index is 11.7. The van der Waals surface area contributed by atoms with E-state index in [1.165, 1.54) is 0 Å². The summed E-state index contributed by atoms with van der Waals surface area (Å²) in [4.78, 5) is 11.7. The second-order valence-corrected chi connectivity index (χ2v) is 9.69. The molecule has 0 amide bonds. The van der Waals surface area contributed by atoms with Gasteiger partial charge >= 0.3 is 0 Å². The first-order valence-electron chi connectivity index (χ1n) is 6.28. The van der Waals surface area contributed by atoms with Crippen molar-refractivity contribution in [3.63, 3.8) is 0 Å². The second kappa shape index (κ2) is 6.61. The molecule has 106 valence electrons. The van der Waals surface area contributed by atoms with E-state index in [2.05, 4.69) is 0 Å². The SMILES string of the molecule is COc1ccc(OC)c(CCC(=O)O[Si](C)(C)C)c1. The van der Waals surface area contributed by atoms with Crippen molar-refractivity contribution in [2.45, 2.75) is 32.5 Å². The van der Waals surface area contributed by atoms with Crippen molar-refractivity contribution in [2.24, 2.45) is 0 Å². The van der Waals surface area contributed by atoms with Crippen LogP contribution in [0.5, 0.6) is 11.5 Å². The number of rotatable bonds is 6. The molecule has 0 fully saturated rings. The van der Waals surface area contributed by atoms with E-state index in [9.17, 15) is 4.79 Å². The van der Waals surface area contributed by atoms with E-state index in [0.29, 0.717) is 12.8 Å². The molecule has 0 aliphatic heterocycles. The third kappa shape index (κ3) is 5.34. The predicted octanol–water partition coefficient (Wildman–Crippen LogP) is 3.01. The molecule has 0 heterocycles. The first kappa shape index (κ1) is 15.6. The first-order valence-corrected chi connectivity index (χ1v) is 9.69. The van der Waals surface area contributed by atoms with Gasteiger partial charge in [-0.3, -0.25) is 4.79 Å². The lowest BCUT2D eigenvalue weighted by molar-refractivity contribution is -0.135. The summed E-state index contributed by atoms with van der Waals surface area (Å²) in [6.07, 6.45) is 0.942. The molecular weight excluding hydrogens is 260 g/mol. The molecule has 0 radical (unpaired) electrons. The van der Waals surface area contributed by atoms with E-state index in [-0.39, 0.29) is 5.97 Å². The average molecular weight is 282 g/mol. The Bertz CT molecular complexity index is 438. The Morgan fingerprint density at radius 1 is 1.16 bits per heavy atom. The van der Waals surface area contributed by atoms with Crippen molar-refractivity contribution in [1.82, 2.24) is 0 Å². The minimum atomic E-state index is -1.80. The molecule has 0 aromatic heterocycles. The first-order chi connectivity index (χ1) is 8.85. The summed E-state index contributed by atoms with van der Waals surface area (Å²) in [7, 11) is 1.43. The van der Waals surface area contributed by atoms with Gasteiger partial charge < -0.3 is 13.9 Å². The third-order valence-electron chi connectivity index (χ3n) is 2.51. The molecule has 0 aliphatic carbocycles. The molecule has 1 aromatic rings. The lowest BCUT2D eigenvalue weighted by Crippen LogP contribution is -2.29. The summed E-state index contributed by atoms with van der Waals surface area (Å²) in [6.45, 7) is 5.99. The molecule has 1 rings (SSSR count). The van der Waals surface area contributed by atoms with Gasteiger partial charge in [0.2, 0.25) is 8.32 Å². The van der Waals surface area contributed by atoms with Gasteiger partial charge in [0.1, 0.15) is 11.5 Å². The van der Waals surface area contributed by atoms with E-state index in [0.717, 1.165) is 17.1 Å². The normalized spacial score (nSPS) is 11.0. The second-order valence-electron chi connectivity index (χ2n) is 5.26. The molecule has 4 nitrogen and oxygen atoms in total. The van der Waals surface area contributed by atoms with Crippen LogP contribution in [0.15, 0.2) is 18.2 Å². The van der Waals surface area contributed by atoms with Gasteiger partial charge in [-0.1, -0.05) is 0 Å². The highest BCUT2D eigenvalue weighted by atomic mass is 28.4. The van der Waals surface area contributed by atoms with E-state index < -0.39 is 8.32 Å². The maximum Gasteiger partial charge on any atom is 0.292 e. The summed E-state index contributed by atoms with van der Waals surface area (Å²) in [5, 5.41) is 0. The molecule has 0 bridgehead atoms. The van der Waals surface area contributed by atoms with E-state index in [1.807, 2.05) is 37.8 Å². The molecule has 5 heteroatoms. The predicted molar refractivity (Wildman–Crippen MR) is 77.3 cm³/mol. The van der Waals surface area contributed by atoms with Crippen molar-refractivity contribution in [2.75, 3.05) is 14.2 Å². The third-order valence-corrected chi connectivity index (χ3v) is 3.35. The quantitative estimate of drug-likeness (QED) is 0.752. The minimum Gasteiger partial charge on any atom is -0.520 e. The molecule has 0 unspecified atom stereocenters. The fourth-order valence-electron chi connectivity index (χ4n) is 1.71. The van der Waals surface area contributed by atoms with Gasteiger partial charge in [0.15, 0.2) is 0 Å². The Labute approximate surface area is 115 Å². The minimum absolute atomic E-state index is 0.149. The zero-order valence-electron chi connectivity index (χ0n) is 12.3. The van der Waals surface area contributed by atoms with Crippen LogP contribution in [-0.4, -0.2) is 28.5 Å². The summed E-state index contributed by atoms with van der Waals surface area (Å²) >= 11 is 0. The van der Waals surface area contributed by atoms with Gasteiger partial charge in [-0.25, -0.2) is 0 Å². The van der Waals surface area contributed by atoms with Gasteiger partial charge in [0, 0.05) is 6.42 Å². The fraction of sp³-hybridized carbons (Fsp3) is 0.500. The van der Waals surface area contributed by atoms with E-state index in [4.69, 9.17) is 13.9 Å². The highest BCUT2D eigenvalue weighted by Gasteiger charge is 2.20. The number of carbonyl (C=O) groups is 1. The smallest absolute Gasteiger partial charge is 0.292 e. The number of benzene rings is 1. The zero-order valence-corrected chi connectivity index (χ0v) is 13.3. The van der Waals surface area contributed by atoms with E-state index in [1.54, 1.807) is 14.2 Å². The fourth-order valence-corrected chi connectivity index (χ4v) is 2.49. The lowest BCUT2D eigenvalue weighted by Gasteiger charge is -2.17. The van der Waals surface area contributed by atoms with Crippen LogP contribution in [0.4, 0.5) is 0 Å². The van der Waals surface area contributed by atoms with Crippen molar-refractivity contribution >= 4 is 14.3 Å². The Balaban J connectivity index is 2.68. The van der Waals surface area contributed by atoms with Crippen molar-refractivity contribution in [3.05, 3.63) is 23.8 Å². The van der Waals surface area contributed by atoms with Crippen LogP contribution in [0.25, 0.3) is 0 Å². The van der Waals surface area contributed by atoms with E-state index >= 15 is 0 Å². The van der Waals surface area contributed by atoms with Crippen LogP contribution >= 0.6 is 0 Å².